The number of carboxylic acid groups (broad SMARTS) is 1. The Morgan fingerprint density at radius 2 is 1.67 bits per heavy atom. The molecule has 0 unspecified atom stereocenters. The minimum Gasteiger partial charge on any atom is -0.478 e. The van der Waals surface area contributed by atoms with Crippen LogP contribution in [0.1, 0.15) is 36.7 Å². The largest absolute Gasteiger partial charge is 0.478 e. The van der Waals surface area contributed by atoms with Crippen molar-refractivity contribution in [3.8, 4) is 0 Å². The molecule has 0 aromatic heterocycles. The fourth-order valence-corrected chi connectivity index (χ4v) is 3.82. The van der Waals surface area contributed by atoms with Crippen LogP contribution in [-0.2, 0) is 21.2 Å². The lowest BCUT2D eigenvalue weighted by molar-refractivity contribution is -0.115. The number of hydrogen-bond donors (Lipinski definition) is 3. The normalized spacial score (nSPS) is 11.8. The molecule has 0 bridgehead atoms. The molecule has 144 valence electrons. The van der Waals surface area contributed by atoms with E-state index in [-0.39, 0.29) is 22.8 Å². The molecule has 2 rings (SSSR count). The SMILES string of the molecule is CC(C)(C)NS(=O)(=O)c1cccc(NC(=O)Cc2ccc(C(=O)O)cc2)c1. The predicted molar refractivity (Wildman–Crippen MR) is 102 cm³/mol. The maximum absolute atomic E-state index is 12.4. The molecule has 0 saturated carbocycles. The summed E-state index contributed by atoms with van der Waals surface area (Å²) in [5, 5.41) is 11.5. The summed E-state index contributed by atoms with van der Waals surface area (Å²) in [5.41, 5.74) is 0.526. The van der Waals surface area contributed by atoms with Crippen molar-refractivity contribution in [2.24, 2.45) is 0 Å². The van der Waals surface area contributed by atoms with Gasteiger partial charge in [-0.15, -0.1) is 0 Å². The summed E-state index contributed by atoms with van der Waals surface area (Å²) in [7, 11) is -3.70. The summed E-state index contributed by atoms with van der Waals surface area (Å²) in [6, 6.07) is 12.0. The van der Waals surface area contributed by atoms with Crippen molar-refractivity contribution in [2.45, 2.75) is 37.6 Å². The highest BCUT2D eigenvalue weighted by Crippen LogP contribution is 2.18. The van der Waals surface area contributed by atoms with E-state index in [9.17, 15) is 18.0 Å². The highest BCUT2D eigenvalue weighted by molar-refractivity contribution is 7.89. The zero-order chi connectivity index (χ0) is 20.2. The lowest BCUT2D eigenvalue weighted by Crippen LogP contribution is -2.40. The van der Waals surface area contributed by atoms with E-state index in [2.05, 4.69) is 10.0 Å². The standard InChI is InChI=1S/C19H22N2O5S/c1-19(2,3)21-27(25,26)16-6-4-5-15(12-16)20-17(22)11-13-7-9-14(10-8-13)18(23)24/h4-10,12,21H,11H2,1-3H3,(H,20,22)(H,23,24). The van der Waals surface area contributed by atoms with Gasteiger partial charge in [0.15, 0.2) is 0 Å². The first-order chi connectivity index (χ1) is 12.5. The molecule has 7 nitrogen and oxygen atoms in total. The van der Waals surface area contributed by atoms with E-state index in [1.54, 1.807) is 45.0 Å². The predicted octanol–water partition coefficient (Wildman–Crippen LogP) is 2.64. The minimum atomic E-state index is -3.70. The fourth-order valence-electron chi connectivity index (χ4n) is 2.36. The highest BCUT2D eigenvalue weighted by Gasteiger charge is 2.22. The molecule has 0 aliphatic heterocycles. The fraction of sp³-hybridized carbons (Fsp3) is 0.263. The molecule has 0 aliphatic rings. The zero-order valence-electron chi connectivity index (χ0n) is 15.3. The van der Waals surface area contributed by atoms with Gasteiger partial charge in [-0.05, 0) is 56.7 Å². The Kier molecular flexibility index (Phi) is 6.02. The second kappa shape index (κ2) is 7.89. The van der Waals surface area contributed by atoms with Crippen molar-refractivity contribution >= 4 is 27.6 Å². The summed E-state index contributed by atoms with van der Waals surface area (Å²) in [6.07, 6.45) is 0.0388. The smallest absolute Gasteiger partial charge is 0.335 e. The van der Waals surface area contributed by atoms with Gasteiger partial charge in [0.25, 0.3) is 0 Å². The lowest BCUT2D eigenvalue weighted by Gasteiger charge is -2.20. The van der Waals surface area contributed by atoms with Crippen molar-refractivity contribution in [3.05, 3.63) is 59.7 Å². The van der Waals surface area contributed by atoms with E-state index >= 15 is 0 Å². The highest BCUT2D eigenvalue weighted by atomic mass is 32.2. The molecule has 0 fully saturated rings. The van der Waals surface area contributed by atoms with Crippen LogP contribution in [0.15, 0.2) is 53.4 Å². The number of rotatable bonds is 6. The van der Waals surface area contributed by atoms with E-state index in [4.69, 9.17) is 5.11 Å². The van der Waals surface area contributed by atoms with Gasteiger partial charge in [0.1, 0.15) is 0 Å². The van der Waals surface area contributed by atoms with Gasteiger partial charge in [-0.25, -0.2) is 17.9 Å². The van der Waals surface area contributed by atoms with Crippen LogP contribution in [0.5, 0.6) is 0 Å². The molecular formula is C19H22N2O5S. The maximum Gasteiger partial charge on any atom is 0.335 e. The molecule has 2 aromatic carbocycles. The third-order valence-electron chi connectivity index (χ3n) is 3.43. The van der Waals surface area contributed by atoms with E-state index in [1.165, 1.54) is 24.3 Å². The van der Waals surface area contributed by atoms with Gasteiger partial charge in [0.05, 0.1) is 16.9 Å². The molecule has 0 atom stereocenters. The number of hydrogen-bond acceptors (Lipinski definition) is 4. The number of sulfonamides is 1. The first-order valence-electron chi connectivity index (χ1n) is 8.22. The number of nitrogens with one attached hydrogen (secondary N) is 2. The third-order valence-corrected chi connectivity index (χ3v) is 5.19. The topological polar surface area (TPSA) is 113 Å². The van der Waals surface area contributed by atoms with Gasteiger partial charge in [0, 0.05) is 11.2 Å². The van der Waals surface area contributed by atoms with Gasteiger partial charge >= 0.3 is 5.97 Å². The minimum absolute atomic E-state index is 0.0388. The van der Waals surface area contributed by atoms with Crippen LogP contribution >= 0.6 is 0 Å². The lowest BCUT2D eigenvalue weighted by atomic mass is 10.1. The molecule has 0 saturated heterocycles. The molecule has 8 heteroatoms. The summed E-state index contributed by atoms with van der Waals surface area (Å²) in [5.74, 6) is -1.37. The number of carbonyl (C=O) groups is 2. The molecule has 27 heavy (non-hydrogen) atoms. The molecule has 1 amide bonds. The van der Waals surface area contributed by atoms with Crippen LogP contribution in [-0.4, -0.2) is 30.9 Å². The van der Waals surface area contributed by atoms with Crippen LogP contribution < -0.4 is 10.0 Å². The number of aromatic carboxylic acids is 1. The molecule has 0 heterocycles. The molecule has 3 N–H and O–H groups in total. The van der Waals surface area contributed by atoms with Crippen molar-refractivity contribution in [3.63, 3.8) is 0 Å². The first kappa shape index (κ1) is 20.6. The Morgan fingerprint density at radius 1 is 1.04 bits per heavy atom. The van der Waals surface area contributed by atoms with Crippen molar-refractivity contribution in [1.82, 2.24) is 4.72 Å². The molecular weight excluding hydrogens is 368 g/mol. The van der Waals surface area contributed by atoms with Crippen LogP contribution in [0.4, 0.5) is 5.69 Å². The van der Waals surface area contributed by atoms with E-state index in [0.717, 1.165) is 0 Å². The Labute approximate surface area is 158 Å². The Morgan fingerprint density at radius 3 is 2.22 bits per heavy atom. The van der Waals surface area contributed by atoms with Crippen molar-refractivity contribution in [2.75, 3.05) is 5.32 Å². The quantitative estimate of drug-likeness (QED) is 0.702. The molecule has 0 spiro atoms. The average Bonchev–Trinajstić information content (AvgIpc) is 2.53. The van der Waals surface area contributed by atoms with Crippen LogP contribution in [0, 0.1) is 0 Å². The summed E-state index contributed by atoms with van der Waals surface area (Å²) < 4.78 is 27.3. The molecule has 0 aliphatic carbocycles. The Balaban J connectivity index is 2.09. The molecule has 2 aromatic rings. The third kappa shape index (κ3) is 6.19. The van der Waals surface area contributed by atoms with Crippen molar-refractivity contribution in [1.29, 1.82) is 0 Å². The van der Waals surface area contributed by atoms with Gasteiger partial charge in [-0.2, -0.15) is 0 Å². The number of anilines is 1. The van der Waals surface area contributed by atoms with Gasteiger partial charge in [-0.1, -0.05) is 18.2 Å². The second-order valence-corrected chi connectivity index (χ2v) is 8.79. The average molecular weight is 390 g/mol. The summed E-state index contributed by atoms with van der Waals surface area (Å²) in [6.45, 7) is 5.23. The summed E-state index contributed by atoms with van der Waals surface area (Å²) in [4.78, 5) is 23.1. The van der Waals surface area contributed by atoms with Crippen LogP contribution in [0.25, 0.3) is 0 Å². The number of benzene rings is 2. The summed E-state index contributed by atoms with van der Waals surface area (Å²) >= 11 is 0. The first-order valence-corrected chi connectivity index (χ1v) is 9.71. The van der Waals surface area contributed by atoms with E-state index in [0.29, 0.717) is 11.3 Å². The van der Waals surface area contributed by atoms with Crippen LogP contribution in [0.3, 0.4) is 0 Å². The number of carboxylic acids is 1. The zero-order valence-corrected chi connectivity index (χ0v) is 16.1. The van der Waals surface area contributed by atoms with E-state index in [1.807, 2.05) is 0 Å². The van der Waals surface area contributed by atoms with Gasteiger partial charge in [0.2, 0.25) is 15.9 Å². The van der Waals surface area contributed by atoms with Crippen molar-refractivity contribution < 1.29 is 23.1 Å². The monoisotopic (exact) mass is 390 g/mol. The van der Waals surface area contributed by atoms with Crippen LogP contribution in [0.2, 0.25) is 0 Å². The maximum atomic E-state index is 12.4. The van der Waals surface area contributed by atoms with Gasteiger partial charge in [-0.3, -0.25) is 4.79 Å². The van der Waals surface area contributed by atoms with Gasteiger partial charge < -0.3 is 10.4 Å². The molecule has 0 radical (unpaired) electrons. The Hall–Kier alpha value is -2.71. The number of carbonyl (C=O) groups excluding carboxylic acids is 1. The Bertz CT molecular complexity index is 945. The number of amides is 1. The second-order valence-electron chi connectivity index (χ2n) is 7.11. The van der Waals surface area contributed by atoms with E-state index < -0.39 is 21.5 Å².